The second kappa shape index (κ2) is 5.01. The molecule has 1 aliphatic rings. The van der Waals surface area contributed by atoms with Crippen molar-refractivity contribution in [1.82, 2.24) is 0 Å². The maximum absolute atomic E-state index is 11.3. The molecule has 0 bridgehead atoms. The standard InChI is InChI=1S/C13H13NO5/c1-7-13(15)19-12(14-7)8-5-9(16-2)11(18-4)10(6-8)17-3/h5-6H,1H2,2-4H3. The number of carbonyl (C=O) groups excluding carboxylic acids is 1. The Balaban J connectivity index is 2.51. The van der Waals surface area contributed by atoms with Gasteiger partial charge in [0.15, 0.2) is 11.5 Å². The van der Waals surface area contributed by atoms with Crippen LogP contribution in [0.4, 0.5) is 0 Å². The van der Waals surface area contributed by atoms with E-state index in [1.165, 1.54) is 21.3 Å². The van der Waals surface area contributed by atoms with Crippen LogP contribution in [0.1, 0.15) is 5.56 Å². The molecule has 1 heterocycles. The van der Waals surface area contributed by atoms with Crippen LogP contribution in [0.3, 0.4) is 0 Å². The van der Waals surface area contributed by atoms with Gasteiger partial charge in [-0.2, -0.15) is 0 Å². The van der Waals surface area contributed by atoms with Crippen LogP contribution in [-0.2, 0) is 9.53 Å². The van der Waals surface area contributed by atoms with Gasteiger partial charge in [0.05, 0.1) is 21.3 Å². The molecule has 0 fully saturated rings. The highest BCUT2D eigenvalue weighted by Crippen LogP contribution is 2.38. The molecule has 0 spiro atoms. The lowest BCUT2D eigenvalue weighted by Gasteiger charge is -2.13. The molecule has 0 amide bonds. The molecule has 100 valence electrons. The summed E-state index contributed by atoms with van der Waals surface area (Å²) in [6.45, 7) is 3.48. The van der Waals surface area contributed by atoms with E-state index in [0.29, 0.717) is 22.8 Å². The molecule has 2 rings (SSSR count). The van der Waals surface area contributed by atoms with Crippen molar-refractivity contribution < 1.29 is 23.7 Å². The number of esters is 1. The number of carbonyl (C=O) groups is 1. The minimum atomic E-state index is -0.566. The van der Waals surface area contributed by atoms with Crippen LogP contribution >= 0.6 is 0 Å². The number of rotatable bonds is 4. The zero-order chi connectivity index (χ0) is 14.0. The molecule has 0 unspecified atom stereocenters. The second-order valence-electron chi connectivity index (χ2n) is 3.67. The summed E-state index contributed by atoms with van der Waals surface area (Å²) in [7, 11) is 4.51. The maximum Gasteiger partial charge on any atom is 0.363 e. The Morgan fingerprint density at radius 3 is 2.05 bits per heavy atom. The zero-order valence-corrected chi connectivity index (χ0v) is 10.9. The van der Waals surface area contributed by atoms with E-state index in [9.17, 15) is 4.79 Å². The molecule has 1 aromatic carbocycles. The molecule has 6 nitrogen and oxygen atoms in total. The van der Waals surface area contributed by atoms with Crippen molar-refractivity contribution in [3.63, 3.8) is 0 Å². The van der Waals surface area contributed by atoms with Gasteiger partial charge >= 0.3 is 5.97 Å². The third-order valence-electron chi connectivity index (χ3n) is 2.57. The van der Waals surface area contributed by atoms with Crippen molar-refractivity contribution in [2.75, 3.05) is 21.3 Å². The van der Waals surface area contributed by atoms with Gasteiger partial charge in [0.25, 0.3) is 0 Å². The number of cyclic esters (lactones) is 1. The van der Waals surface area contributed by atoms with Crippen LogP contribution in [0.25, 0.3) is 0 Å². The maximum atomic E-state index is 11.3. The molecular formula is C13H13NO5. The van der Waals surface area contributed by atoms with Crippen molar-refractivity contribution in [1.29, 1.82) is 0 Å². The summed E-state index contributed by atoms with van der Waals surface area (Å²) in [5, 5.41) is 0. The Labute approximate surface area is 110 Å². The van der Waals surface area contributed by atoms with Crippen molar-refractivity contribution in [2.45, 2.75) is 0 Å². The van der Waals surface area contributed by atoms with Gasteiger partial charge in [-0.15, -0.1) is 0 Å². The average molecular weight is 263 g/mol. The summed E-state index contributed by atoms with van der Waals surface area (Å²) in [4.78, 5) is 15.2. The minimum absolute atomic E-state index is 0.0590. The molecule has 1 aliphatic heterocycles. The number of ether oxygens (including phenoxy) is 4. The number of nitrogens with zero attached hydrogens (tertiary/aromatic N) is 1. The second-order valence-corrected chi connectivity index (χ2v) is 3.67. The van der Waals surface area contributed by atoms with Crippen LogP contribution in [0, 0.1) is 0 Å². The predicted molar refractivity (Wildman–Crippen MR) is 67.9 cm³/mol. The van der Waals surface area contributed by atoms with Crippen molar-refractivity contribution in [2.24, 2.45) is 4.99 Å². The number of benzene rings is 1. The van der Waals surface area contributed by atoms with E-state index in [2.05, 4.69) is 11.6 Å². The summed E-state index contributed by atoms with van der Waals surface area (Å²) in [5.41, 5.74) is 0.602. The van der Waals surface area contributed by atoms with E-state index in [1.807, 2.05) is 0 Å². The van der Waals surface area contributed by atoms with Crippen LogP contribution in [-0.4, -0.2) is 33.2 Å². The average Bonchev–Trinajstić information content (AvgIpc) is 2.76. The Kier molecular flexibility index (Phi) is 3.41. The largest absolute Gasteiger partial charge is 0.493 e. The van der Waals surface area contributed by atoms with Gasteiger partial charge in [0.1, 0.15) is 5.70 Å². The lowest BCUT2D eigenvalue weighted by molar-refractivity contribution is -0.129. The molecule has 0 saturated carbocycles. The first-order valence-electron chi connectivity index (χ1n) is 5.40. The van der Waals surface area contributed by atoms with Crippen LogP contribution in [0.2, 0.25) is 0 Å². The van der Waals surface area contributed by atoms with E-state index in [-0.39, 0.29) is 11.6 Å². The van der Waals surface area contributed by atoms with E-state index < -0.39 is 5.97 Å². The molecule has 0 atom stereocenters. The molecular weight excluding hydrogens is 250 g/mol. The van der Waals surface area contributed by atoms with Gasteiger partial charge in [0, 0.05) is 5.56 Å². The Bertz CT molecular complexity index is 551. The Morgan fingerprint density at radius 2 is 1.68 bits per heavy atom. The normalized spacial score (nSPS) is 13.9. The summed E-state index contributed by atoms with van der Waals surface area (Å²) in [5.74, 6) is 0.955. The molecule has 0 radical (unpaired) electrons. The molecule has 0 N–H and O–H groups in total. The van der Waals surface area contributed by atoms with Gasteiger partial charge in [-0.05, 0) is 12.1 Å². The van der Waals surface area contributed by atoms with Crippen LogP contribution < -0.4 is 14.2 Å². The number of hydrogen-bond donors (Lipinski definition) is 0. The Morgan fingerprint density at radius 1 is 1.11 bits per heavy atom. The lowest BCUT2D eigenvalue weighted by atomic mass is 10.2. The third-order valence-corrected chi connectivity index (χ3v) is 2.57. The van der Waals surface area contributed by atoms with Gasteiger partial charge in [-0.1, -0.05) is 6.58 Å². The minimum Gasteiger partial charge on any atom is -0.493 e. The van der Waals surface area contributed by atoms with E-state index in [4.69, 9.17) is 18.9 Å². The highest BCUT2D eigenvalue weighted by Gasteiger charge is 2.24. The molecule has 0 aromatic heterocycles. The highest BCUT2D eigenvalue weighted by atomic mass is 16.6. The smallest absolute Gasteiger partial charge is 0.363 e. The van der Waals surface area contributed by atoms with Gasteiger partial charge < -0.3 is 18.9 Å². The van der Waals surface area contributed by atoms with E-state index in [1.54, 1.807) is 12.1 Å². The van der Waals surface area contributed by atoms with Gasteiger partial charge in [0.2, 0.25) is 11.6 Å². The quantitative estimate of drug-likeness (QED) is 0.608. The zero-order valence-electron chi connectivity index (χ0n) is 10.9. The first-order valence-corrected chi connectivity index (χ1v) is 5.40. The molecule has 6 heteroatoms. The Hall–Kier alpha value is -2.50. The first kappa shape index (κ1) is 12.9. The van der Waals surface area contributed by atoms with E-state index in [0.717, 1.165) is 0 Å². The number of methoxy groups -OCH3 is 3. The summed E-state index contributed by atoms with van der Waals surface area (Å²) < 4.78 is 20.6. The van der Waals surface area contributed by atoms with Crippen molar-refractivity contribution in [3.8, 4) is 17.2 Å². The van der Waals surface area contributed by atoms with Crippen molar-refractivity contribution >= 4 is 11.9 Å². The lowest BCUT2D eigenvalue weighted by Crippen LogP contribution is -2.06. The monoisotopic (exact) mass is 263 g/mol. The summed E-state index contributed by atoms with van der Waals surface area (Å²) in [6, 6.07) is 3.29. The predicted octanol–water partition coefficient (Wildman–Crippen LogP) is 1.53. The fourth-order valence-corrected chi connectivity index (χ4v) is 1.67. The van der Waals surface area contributed by atoms with Crippen LogP contribution in [0.15, 0.2) is 29.4 Å². The topological polar surface area (TPSA) is 66.3 Å². The molecule has 1 aromatic rings. The van der Waals surface area contributed by atoms with Crippen molar-refractivity contribution in [3.05, 3.63) is 30.0 Å². The first-order chi connectivity index (χ1) is 9.10. The summed E-state index contributed by atoms with van der Waals surface area (Å²) >= 11 is 0. The molecule has 0 aliphatic carbocycles. The van der Waals surface area contributed by atoms with Gasteiger partial charge in [-0.3, -0.25) is 0 Å². The third kappa shape index (κ3) is 2.24. The molecule has 0 saturated heterocycles. The van der Waals surface area contributed by atoms with Crippen LogP contribution in [0.5, 0.6) is 17.2 Å². The van der Waals surface area contributed by atoms with E-state index >= 15 is 0 Å². The number of aliphatic imine (C=N–C) groups is 1. The number of hydrogen-bond acceptors (Lipinski definition) is 6. The SMILES string of the molecule is C=C1N=C(c2cc(OC)c(OC)c(OC)c2)OC1=O. The summed E-state index contributed by atoms with van der Waals surface area (Å²) in [6.07, 6.45) is 0. The fraction of sp³-hybridized carbons (Fsp3) is 0.231. The van der Waals surface area contributed by atoms with Gasteiger partial charge in [-0.25, -0.2) is 9.79 Å². The molecule has 19 heavy (non-hydrogen) atoms. The highest BCUT2D eigenvalue weighted by molar-refractivity contribution is 6.11. The fourth-order valence-electron chi connectivity index (χ4n) is 1.67.